The molecule has 1 heterocycles. The SMILES string of the molecule is CC(Nc1nc(N(C)C)cc(C(F)(F)F)n1)c1ccccc1Br. The van der Waals surface area contributed by atoms with Crippen molar-refractivity contribution < 1.29 is 13.2 Å². The van der Waals surface area contributed by atoms with Gasteiger partial charge >= 0.3 is 6.18 Å². The van der Waals surface area contributed by atoms with Crippen molar-refractivity contribution in [3.8, 4) is 0 Å². The van der Waals surface area contributed by atoms with Gasteiger partial charge in [0.25, 0.3) is 0 Å². The predicted molar refractivity (Wildman–Crippen MR) is 87.5 cm³/mol. The van der Waals surface area contributed by atoms with Crippen LogP contribution >= 0.6 is 15.9 Å². The highest BCUT2D eigenvalue weighted by Gasteiger charge is 2.34. The summed E-state index contributed by atoms with van der Waals surface area (Å²) in [5.74, 6) is 0.126. The zero-order valence-electron chi connectivity index (χ0n) is 12.8. The van der Waals surface area contributed by atoms with Crippen LogP contribution in [0.15, 0.2) is 34.8 Å². The minimum absolute atomic E-state index is 0.0632. The van der Waals surface area contributed by atoms with Crippen LogP contribution in [0.1, 0.15) is 24.2 Å². The Morgan fingerprint density at radius 3 is 2.39 bits per heavy atom. The average Bonchev–Trinajstić information content (AvgIpc) is 2.46. The standard InChI is InChI=1S/C15H16BrF3N4/c1-9(10-6-4-5-7-11(10)16)20-14-21-12(15(17,18)19)8-13(22-14)23(2)3/h4-9H,1-3H3,(H,20,21,22). The summed E-state index contributed by atoms with van der Waals surface area (Å²) in [5, 5.41) is 2.93. The lowest BCUT2D eigenvalue weighted by Gasteiger charge is -2.19. The van der Waals surface area contributed by atoms with Crippen LogP contribution in [-0.4, -0.2) is 24.1 Å². The fraction of sp³-hybridized carbons (Fsp3) is 0.333. The highest BCUT2D eigenvalue weighted by atomic mass is 79.9. The molecule has 23 heavy (non-hydrogen) atoms. The topological polar surface area (TPSA) is 41.1 Å². The number of halogens is 4. The maximum Gasteiger partial charge on any atom is 0.433 e. The summed E-state index contributed by atoms with van der Waals surface area (Å²) in [6.07, 6.45) is -4.53. The van der Waals surface area contributed by atoms with Crippen molar-refractivity contribution in [2.24, 2.45) is 0 Å². The Labute approximate surface area is 140 Å². The van der Waals surface area contributed by atoms with E-state index in [9.17, 15) is 13.2 Å². The fourth-order valence-electron chi connectivity index (χ4n) is 1.97. The van der Waals surface area contributed by atoms with E-state index < -0.39 is 11.9 Å². The van der Waals surface area contributed by atoms with Gasteiger partial charge in [0.1, 0.15) is 5.82 Å². The number of aromatic nitrogens is 2. The fourth-order valence-corrected chi connectivity index (χ4v) is 2.60. The van der Waals surface area contributed by atoms with Crippen molar-refractivity contribution in [2.45, 2.75) is 19.1 Å². The largest absolute Gasteiger partial charge is 0.433 e. The Hall–Kier alpha value is -1.83. The lowest BCUT2D eigenvalue weighted by molar-refractivity contribution is -0.141. The Bertz CT molecular complexity index is 689. The normalized spacial score (nSPS) is 12.8. The van der Waals surface area contributed by atoms with Gasteiger partial charge in [0, 0.05) is 24.6 Å². The van der Waals surface area contributed by atoms with Gasteiger partial charge in [-0.05, 0) is 18.6 Å². The lowest BCUT2D eigenvalue weighted by Crippen LogP contribution is -2.18. The first-order valence-corrected chi connectivity index (χ1v) is 7.62. The van der Waals surface area contributed by atoms with Crippen molar-refractivity contribution in [1.82, 2.24) is 9.97 Å². The van der Waals surface area contributed by atoms with Gasteiger partial charge in [-0.1, -0.05) is 34.1 Å². The summed E-state index contributed by atoms with van der Waals surface area (Å²) < 4.78 is 39.8. The number of hydrogen-bond donors (Lipinski definition) is 1. The Morgan fingerprint density at radius 1 is 1.17 bits per heavy atom. The molecule has 1 aromatic carbocycles. The average molecular weight is 389 g/mol. The van der Waals surface area contributed by atoms with Gasteiger partial charge in [-0.15, -0.1) is 0 Å². The van der Waals surface area contributed by atoms with Crippen LogP contribution in [-0.2, 0) is 6.18 Å². The molecule has 0 radical (unpaired) electrons. The summed E-state index contributed by atoms with van der Waals surface area (Å²) in [4.78, 5) is 9.23. The molecule has 124 valence electrons. The van der Waals surface area contributed by atoms with E-state index in [2.05, 4.69) is 31.2 Å². The molecular formula is C15H16BrF3N4. The van der Waals surface area contributed by atoms with E-state index in [0.717, 1.165) is 16.1 Å². The van der Waals surface area contributed by atoms with Gasteiger partial charge in [-0.25, -0.2) is 4.98 Å². The molecule has 1 aromatic heterocycles. The van der Waals surface area contributed by atoms with E-state index in [4.69, 9.17) is 0 Å². The molecule has 4 nitrogen and oxygen atoms in total. The lowest BCUT2D eigenvalue weighted by atomic mass is 10.1. The number of anilines is 2. The van der Waals surface area contributed by atoms with Gasteiger partial charge in [0.05, 0.1) is 6.04 Å². The number of alkyl halides is 3. The highest BCUT2D eigenvalue weighted by molar-refractivity contribution is 9.10. The molecule has 0 aliphatic carbocycles. The molecule has 0 saturated heterocycles. The predicted octanol–water partition coefficient (Wildman–Crippen LogP) is 4.50. The molecule has 2 rings (SSSR count). The Kier molecular flexibility index (Phi) is 5.13. The summed E-state index contributed by atoms with van der Waals surface area (Å²) in [7, 11) is 3.26. The Balaban J connectivity index is 2.35. The molecule has 0 bridgehead atoms. The summed E-state index contributed by atoms with van der Waals surface area (Å²) in [6, 6.07) is 8.13. The molecule has 0 amide bonds. The van der Waals surface area contributed by atoms with Crippen LogP contribution in [0.3, 0.4) is 0 Å². The monoisotopic (exact) mass is 388 g/mol. The molecule has 0 spiro atoms. The maximum absolute atomic E-state index is 13.0. The maximum atomic E-state index is 13.0. The van der Waals surface area contributed by atoms with E-state index >= 15 is 0 Å². The second kappa shape index (κ2) is 6.74. The van der Waals surface area contributed by atoms with E-state index in [1.165, 1.54) is 4.90 Å². The highest BCUT2D eigenvalue weighted by Crippen LogP contribution is 2.31. The Morgan fingerprint density at radius 2 is 1.83 bits per heavy atom. The molecular weight excluding hydrogens is 373 g/mol. The number of rotatable bonds is 4. The summed E-state index contributed by atoms with van der Waals surface area (Å²) >= 11 is 3.43. The zero-order chi connectivity index (χ0) is 17.2. The van der Waals surface area contributed by atoms with Gasteiger partial charge in [0.2, 0.25) is 5.95 Å². The summed E-state index contributed by atoms with van der Waals surface area (Å²) in [5.41, 5.74) is -0.0713. The van der Waals surface area contributed by atoms with Gasteiger partial charge in [-0.2, -0.15) is 18.2 Å². The first-order valence-electron chi connectivity index (χ1n) is 6.83. The van der Waals surface area contributed by atoms with Crippen LogP contribution in [0.5, 0.6) is 0 Å². The van der Waals surface area contributed by atoms with Crippen LogP contribution in [0.25, 0.3) is 0 Å². The molecule has 0 aliphatic rings. The first kappa shape index (κ1) is 17.5. The number of nitrogens with one attached hydrogen (secondary N) is 1. The minimum Gasteiger partial charge on any atom is -0.363 e. The number of benzene rings is 1. The van der Waals surface area contributed by atoms with Crippen molar-refractivity contribution in [1.29, 1.82) is 0 Å². The van der Waals surface area contributed by atoms with Gasteiger partial charge in [-0.3, -0.25) is 0 Å². The van der Waals surface area contributed by atoms with Crippen LogP contribution in [0.2, 0.25) is 0 Å². The third kappa shape index (κ3) is 4.34. The van der Waals surface area contributed by atoms with E-state index in [0.29, 0.717) is 0 Å². The van der Waals surface area contributed by atoms with Crippen LogP contribution < -0.4 is 10.2 Å². The number of hydrogen-bond acceptors (Lipinski definition) is 4. The van der Waals surface area contributed by atoms with E-state index in [1.54, 1.807) is 14.1 Å². The minimum atomic E-state index is -4.53. The zero-order valence-corrected chi connectivity index (χ0v) is 14.4. The quantitative estimate of drug-likeness (QED) is 0.837. The van der Waals surface area contributed by atoms with Crippen molar-refractivity contribution in [2.75, 3.05) is 24.3 Å². The molecule has 8 heteroatoms. The van der Waals surface area contributed by atoms with Gasteiger partial charge < -0.3 is 10.2 Å². The van der Waals surface area contributed by atoms with Crippen molar-refractivity contribution >= 4 is 27.7 Å². The second-order valence-electron chi connectivity index (χ2n) is 5.21. The molecule has 0 aliphatic heterocycles. The van der Waals surface area contributed by atoms with Crippen molar-refractivity contribution in [3.05, 3.63) is 46.1 Å². The van der Waals surface area contributed by atoms with Gasteiger partial charge in [0.15, 0.2) is 5.69 Å². The second-order valence-corrected chi connectivity index (χ2v) is 6.07. The third-order valence-corrected chi connectivity index (χ3v) is 3.90. The first-order chi connectivity index (χ1) is 10.7. The molecule has 1 atom stereocenters. The number of nitrogens with zero attached hydrogens (tertiary/aromatic N) is 3. The smallest absolute Gasteiger partial charge is 0.363 e. The molecule has 1 N–H and O–H groups in total. The molecule has 0 saturated carbocycles. The van der Waals surface area contributed by atoms with E-state index in [1.807, 2.05) is 31.2 Å². The third-order valence-electron chi connectivity index (χ3n) is 3.18. The van der Waals surface area contributed by atoms with Crippen LogP contribution in [0, 0.1) is 0 Å². The van der Waals surface area contributed by atoms with Crippen LogP contribution in [0.4, 0.5) is 24.9 Å². The molecule has 1 unspecified atom stereocenters. The molecule has 0 fully saturated rings. The molecule has 2 aromatic rings. The van der Waals surface area contributed by atoms with E-state index in [-0.39, 0.29) is 17.8 Å². The van der Waals surface area contributed by atoms with Crippen molar-refractivity contribution in [3.63, 3.8) is 0 Å². The summed E-state index contributed by atoms with van der Waals surface area (Å²) in [6.45, 7) is 1.83.